The summed E-state index contributed by atoms with van der Waals surface area (Å²) in [4.78, 5) is 16.2. The summed E-state index contributed by atoms with van der Waals surface area (Å²) in [5, 5.41) is 1.09. The number of alkyl halides is 3. The van der Waals surface area contributed by atoms with Gasteiger partial charge >= 0.3 is 12.1 Å². The van der Waals surface area contributed by atoms with Gasteiger partial charge < -0.3 is 9.47 Å². The lowest BCUT2D eigenvalue weighted by atomic mass is 9.81. The van der Waals surface area contributed by atoms with E-state index in [0.29, 0.717) is 27.2 Å². The maximum Gasteiger partial charge on any atom is 0.491 e. The van der Waals surface area contributed by atoms with Crippen LogP contribution in [0.2, 0.25) is 10.0 Å². The van der Waals surface area contributed by atoms with Crippen LogP contribution in [-0.2, 0) is 27.1 Å². The van der Waals surface area contributed by atoms with E-state index in [1.807, 2.05) is 30.5 Å². The monoisotopic (exact) mass is 730 g/mol. The number of ether oxygens (including phenoxy) is 2. The Balaban J connectivity index is 1.61. The predicted molar refractivity (Wildman–Crippen MR) is 177 cm³/mol. The van der Waals surface area contributed by atoms with Gasteiger partial charge in [-0.25, -0.2) is 18.6 Å². The van der Waals surface area contributed by atoms with Gasteiger partial charge in [-0.1, -0.05) is 54.9 Å². The quantitative estimate of drug-likeness (QED) is 0.0479. The van der Waals surface area contributed by atoms with Crippen molar-refractivity contribution in [2.75, 3.05) is 28.3 Å². The van der Waals surface area contributed by atoms with E-state index in [4.69, 9.17) is 32.7 Å². The Labute approximate surface area is 290 Å². The highest BCUT2D eigenvalue weighted by Crippen LogP contribution is 2.40. The first-order valence-corrected chi connectivity index (χ1v) is 16.4. The number of carbonyl (C=O) groups is 1. The van der Waals surface area contributed by atoms with E-state index in [2.05, 4.69) is 4.98 Å². The Bertz CT molecular complexity index is 1750. The van der Waals surface area contributed by atoms with E-state index in [0.717, 1.165) is 11.3 Å². The summed E-state index contributed by atoms with van der Waals surface area (Å²) < 4.78 is 79.9. The summed E-state index contributed by atoms with van der Waals surface area (Å²) in [6, 6.07) is 14.2. The molecule has 3 aromatic carbocycles. The average Bonchev–Trinajstić information content (AvgIpc) is 3.43. The first-order chi connectivity index (χ1) is 22.3. The van der Waals surface area contributed by atoms with Crippen molar-refractivity contribution >= 4 is 40.9 Å². The van der Waals surface area contributed by atoms with Gasteiger partial charge in [-0.05, 0) is 66.1 Å². The van der Waals surface area contributed by atoms with Gasteiger partial charge in [0, 0.05) is 33.9 Å². The van der Waals surface area contributed by atoms with Crippen LogP contribution in [-0.4, -0.2) is 60.7 Å². The van der Waals surface area contributed by atoms with Crippen molar-refractivity contribution in [3.05, 3.63) is 105 Å². The number of aromatic nitrogens is 2. The molecular weight excluding hydrogens is 696 g/mol. The molecule has 0 saturated carbocycles. The molecule has 14 heteroatoms. The molecule has 0 aliphatic heterocycles. The largest absolute Gasteiger partial charge is 0.495 e. The SMILES string of the molecule is COc1cc(C(C)(C)c2cnc(SCc3c(F)cc(CCC(OC(=O)C(F)(F)F)[N+](C)(C)C)cc3Cl)n2-c2ccc(F)cc2)ccc1Cl. The van der Waals surface area contributed by atoms with E-state index in [9.17, 15) is 22.4 Å². The van der Waals surface area contributed by atoms with Crippen molar-refractivity contribution in [1.82, 2.24) is 9.55 Å². The van der Waals surface area contributed by atoms with Gasteiger partial charge in [0.1, 0.15) is 17.4 Å². The molecule has 0 fully saturated rings. The van der Waals surface area contributed by atoms with Crippen molar-refractivity contribution in [3.63, 3.8) is 0 Å². The smallest absolute Gasteiger partial charge is 0.491 e. The van der Waals surface area contributed by atoms with Crippen LogP contribution in [0.15, 0.2) is 66.0 Å². The number of esters is 1. The number of hydrogen-bond donors (Lipinski definition) is 0. The van der Waals surface area contributed by atoms with Crippen LogP contribution in [0.25, 0.3) is 5.69 Å². The van der Waals surface area contributed by atoms with Gasteiger partial charge in [0.2, 0.25) is 6.23 Å². The molecule has 0 spiro atoms. The molecule has 0 aliphatic carbocycles. The van der Waals surface area contributed by atoms with Crippen LogP contribution in [0.5, 0.6) is 5.75 Å². The molecule has 0 radical (unpaired) electrons. The first kappa shape index (κ1) is 37.5. The van der Waals surface area contributed by atoms with Crippen LogP contribution in [0, 0.1) is 11.6 Å². The molecule has 6 nitrogen and oxygen atoms in total. The predicted octanol–water partition coefficient (Wildman–Crippen LogP) is 9.15. The lowest BCUT2D eigenvalue weighted by molar-refractivity contribution is -0.917. The van der Waals surface area contributed by atoms with Crippen molar-refractivity contribution in [3.8, 4) is 11.4 Å². The van der Waals surface area contributed by atoms with Crippen LogP contribution < -0.4 is 4.74 Å². The highest BCUT2D eigenvalue weighted by molar-refractivity contribution is 7.98. The Kier molecular flexibility index (Phi) is 11.4. The molecule has 1 atom stereocenters. The second-order valence-electron chi connectivity index (χ2n) is 12.6. The van der Waals surface area contributed by atoms with Crippen LogP contribution in [0.4, 0.5) is 22.0 Å². The van der Waals surface area contributed by atoms with Gasteiger partial charge in [0.15, 0.2) is 5.16 Å². The molecular formula is C34H35Cl2F5N3O3S+. The molecule has 1 heterocycles. The normalized spacial score (nSPS) is 13.0. The molecule has 258 valence electrons. The van der Waals surface area contributed by atoms with Crippen molar-refractivity contribution in [2.45, 2.75) is 55.4 Å². The lowest BCUT2D eigenvalue weighted by Crippen LogP contribution is -2.49. The Morgan fingerprint density at radius 2 is 1.67 bits per heavy atom. The maximum absolute atomic E-state index is 15.5. The third-order valence-electron chi connectivity index (χ3n) is 7.89. The number of imidazole rings is 1. The van der Waals surface area contributed by atoms with E-state index >= 15 is 4.39 Å². The van der Waals surface area contributed by atoms with Gasteiger partial charge in [-0.3, -0.25) is 9.05 Å². The number of carbonyl (C=O) groups excluding carboxylic acids is 1. The van der Waals surface area contributed by atoms with Crippen molar-refractivity contribution in [2.24, 2.45) is 0 Å². The minimum Gasteiger partial charge on any atom is -0.495 e. The number of aryl methyl sites for hydroxylation is 1. The molecule has 4 rings (SSSR count). The second-order valence-corrected chi connectivity index (χ2v) is 14.3. The summed E-state index contributed by atoms with van der Waals surface area (Å²) in [6.07, 6.45) is -4.44. The average molecular weight is 732 g/mol. The summed E-state index contributed by atoms with van der Waals surface area (Å²) in [7, 11) is 6.31. The van der Waals surface area contributed by atoms with E-state index < -0.39 is 35.4 Å². The number of hydrogen-bond acceptors (Lipinski definition) is 5. The third kappa shape index (κ3) is 8.63. The summed E-state index contributed by atoms with van der Waals surface area (Å²) in [5.74, 6) is -2.70. The molecule has 0 aliphatic rings. The number of thioether (sulfide) groups is 1. The molecule has 1 aromatic heterocycles. The number of methoxy groups -OCH3 is 1. The summed E-state index contributed by atoms with van der Waals surface area (Å²) in [6.45, 7) is 4.01. The zero-order chi connectivity index (χ0) is 35.6. The number of nitrogens with zero attached hydrogens (tertiary/aromatic N) is 3. The standard InChI is InChI=1S/C34H35Cl2F5N3O3S/c1-33(2,21-8-13-25(35)28(17-21)46-6)29-18-42-32(43(29)23-11-9-22(37)10-12-23)48-19-24-26(36)15-20(16-27(24)38)7-14-30(44(3,4)5)47-31(45)34(39,40)41/h8-13,15-18,30H,7,14,19H2,1-6H3/q+1. The fourth-order valence-corrected chi connectivity index (χ4v) is 6.67. The highest BCUT2D eigenvalue weighted by Gasteiger charge is 2.44. The zero-order valence-corrected chi connectivity index (χ0v) is 29.4. The Hall–Kier alpha value is -3.32. The minimum absolute atomic E-state index is 0.00233. The van der Waals surface area contributed by atoms with Crippen LogP contribution in [0.3, 0.4) is 0 Å². The molecule has 0 N–H and O–H groups in total. The highest BCUT2D eigenvalue weighted by atomic mass is 35.5. The number of benzene rings is 3. The number of rotatable bonds is 12. The van der Waals surface area contributed by atoms with Crippen LogP contribution in [0.1, 0.15) is 42.7 Å². The fraction of sp³-hybridized carbons (Fsp3) is 0.353. The molecule has 0 amide bonds. The Morgan fingerprint density at radius 3 is 2.25 bits per heavy atom. The van der Waals surface area contributed by atoms with Gasteiger partial charge in [-0.15, -0.1) is 0 Å². The molecule has 48 heavy (non-hydrogen) atoms. The van der Waals surface area contributed by atoms with Crippen molar-refractivity contribution in [1.29, 1.82) is 0 Å². The van der Waals surface area contributed by atoms with Gasteiger partial charge in [-0.2, -0.15) is 13.2 Å². The van der Waals surface area contributed by atoms with Gasteiger partial charge in [0.25, 0.3) is 0 Å². The van der Waals surface area contributed by atoms with Gasteiger partial charge in [0.05, 0.1) is 45.2 Å². The summed E-state index contributed by atoms with van der Waals surface area (Å²) in [5.41, 5.74) is 2.29. The molecule has 0 saturated heterocycles. The topological polar surface area (TPSA) is 53.4 Å². The van der Waals surface area contributed by atoms with E-state index in [1.165, 1.54) is 37.1 Å². The lowest BCUT2D eigenvalue weighted by Gasteiger charge is -2.33. The molecule has 0 bridgehead atoms. The molecule has 4 aromatic rings. The number of quaternary nitrogens is 1. The van der Waals surface area contributed by atoms with E-state index in [-0.39, 0.29) is 33.7 Å². The minimum atomic E-state index is -5.13. The van der Waals surface area contributed by atoms with Crippen molar-refractivity contribution < 1.29 is 40.7 Å². The first-order valence-electron chi connectivity index (χ1n) is 14.7. The second kappa shape index (κ2) is 14.7. The fourth-order valence-electron chi connectivity index (χ4n) is 5.07. The third-order valence-corrected chi connectivity index (χ3v) is 9.52. The number of halogens is 7. The molecule has 1 unspecified atom stereocenters. The van der Waals surface area contributed by atoms with Crippen LogP contribution >= 0.6 is 35.0 Å². The van der Waals surface area contributed by atoms with E-state index in [1.54, 1.807) is 51.6 Å². The zero-order valence-electron chi connectivity index (χ0n) is 27.1. The Morgan fingerprint density at radius 1 is 1.00 bits per heavy atom. The summed E-state index contributed by atoms with van der Waals surface area (Å²) >= 11 is 14.0. The maximum atomic E-state index is 15.5.